The van der Waals surface area contributed by atoms with E-state index in [0.717, 1.165) is 9.88 Å². The molecule has 0 amide bonds. The predicted molar refractivity (Wildman–Crippen MR) is 67.5 cm³/mol. The molecule has 1 N–H and O–H groups in total. The summed E-state index contributed by atoms with van der Waals surface area (Å²) < 4.78 is 22.8. The zero-order valence-corrected chi connectivity index (χ0v) is 11.3. The van der Waals surface area contributed by atoms with Crippen molar-refractivity contribution in [3.05, 3.63) is 16.1 Å². The maximum Gasteiger partial charge on any atom is 0.151 e. The summed E-state index contributed by atoms with van der Waals surface area (Å²) in [6.45, 7) is 5.05. The summed E-state index contributed by atoms with van der Waals surface area (Å²) in [7, 11) is -2.86. The fourth-order valence-corrected chi connectivity index (χ4v) is 3.39. The van der Waals surface area contributed by atoms with Gasteiger partial charge in [0.25, 0.3) is 0 Å². The van der Waals surface area contributed by atoms with Crippen LogP contribution in [0.3, 0.4) is 0 Å². The standard InChI is InChI=1S/C10H18N2O2S2/c1-3-5-16(13,14)6-4-11-7-10-8-12-9(2)15-10/h8,11H,3-7H2,1-2H3. The van der Waals surface area contributed by atoms with Crippen molar-refractivity contribution in [2.24, 2.45) is 0 Å². The molecule has 0 atom stereocenters. The van der Waals surface area contributed by atoms with Crippen molar-refractivity contribution < 1.29 is 8.42 Å². The van der Waals surface area contributed by atoms with Crippen LogP contribution in [0.25, 0.3) is 0 Å². The largest absolute Gasteiger partial charge is 0.311 e. The topological polar surface area (TPSA) is 59.1 Å². The molecule has 4 nitrogen and oxygen atoms in total. The lowest BCUT2D eigenvalue weighted by atomic mass is 10.5. The number of aryl methyl sites for hydroxylation is 1. The van der Waals surface area contributed by atoms with Gasteiger partial charge < -0.3 is 5.32 Å². The van der Waals surface area contributed by atoms with Crippen LogP contribution in [0.15, 0.2) is 6.20 Å². The molecule has 1 aromatic rings. The first-order chi connectivity index (χ1) is 7.53. The Hall–Kier alpha value is -0.460. The maximum atomic E-state index is 11.4. The van der Waals surface area contributed by atoms with E-state index in [2.05, 4.69) is 10.3 Å². The molecule has 1 aromatic heterocycles. The van der Waals surface area contributed by atoms with Crippen LogP contribution in [0.1, 0.15) is 23.2 Å². The molecule has 0 saturated carbocycles. The van der Waals surface area contributed by atoms with Crippen molar-refractivity contribution in [3.8, 4) is 0 Å². The van der Waals surface area contributed by atoms with Crippen LogP contribution in [0.4, 0.5) is 0 Å². The minimum absolute atomic E-state index is 0.221. The van der Waals surface area contributed by atoms with Crippen molar-refractivity contribution in [2.45, 2.75) is 26.8 Å². The van der Waals surface area contributed by atoms with Gasteiger partial charge >= 0.3 is 0 Å². The van der Waals surface area contributed by atoms with E-state index in [4.69, 9.17) is 0 Å². The van der Waals surface area contributed by atoms with Crippen LogP contribution in [0.2, 0.25) is 0 Å². The highest BCUT2D eigenvalue weighted by molar-refractivity contribution is 7.91. The first-order valence-corrected chi connectivity index (χ1v) is 8.00. The highest BCUT2D eigenvalue weighted by Crippen LogP contribution is 2.10. The van der Waals surface area contributed by atoms with Crippen LogP contribution in [0, 0.1) is 6.92 Å². The lowest BCUT2D eigenvalue weighted by Gasteiger charge is -2.03. The number of hydrogen-bond donors (Lipinski definition) is 1. The fourth-order valence-electron chi connectivity index (χ4n) is 1.34. The van der Waals surface area contributed by atoms with Gasteiger partial charge in [-0.05, 0) is 13.3 Å². The van der Waals surface area contributed by atoms with Gasteiger partial charge in [-0.1, -0.05) is 6.92 Å². The molecule has 0 fully saturated rings. The van der Waals surface area contributed by atoms with E-state index in [1.165, 1.54) is 0 Å². The molecule has 0 saturated heterocycles. The lowest BCUT2D eigenvalue weighted by molar-refractivity contribution is 0.589. The van der Waals surface area contributed by atoms with Crippen LogP contribution in [-0.4, -0.2) is 31.5 Å². The number of sulfone groups is 1. The summed E-state index contributed by atoms with van der Waals surface area (Å²) in [4.78, 5) is 5.28. The quantitative estimate of drug-likeness (QED) is 0.754. The molecule has 0 radical (unpaired) electrons. The Bertz CT molecular complexity index is 412. The molecule has 0 aliphatic carbocycles. The van der Waals surface area contributed by atoms with E-state index in [1.54, 1.807) is 11.3 Å². The second kappa shape index (κ2) is 6.32. The van der Waals surface area contributed by atoms with E-state index in [1.807, 2.05) is 20.0 Å². The average Bonchev–Trinajstić information content (AvgIpc) is 2.59. The molecular formula is C10H18N2O2S2. The predicted octanol–water partition coefficient (Wildman–Crippen LogP) is 1.37. The third kappa shape index (κ3) is 5.05. The lowest BCUT2D eigenvalue weighted by Crippen LogP contribution is -2.23. The Morgan fingerprint density at radius 1 is 1.44 bits per heavy atom. The number of nitrogens with zero attached hydrogens (tertiary/aromatic N) is 1. The van der Waals surface area contributed by atoms with Gasteiger partial charge in [-0.2, -0.15) is 0 Å². The summed E-state index contributed by atoms with van der Waals surface area (Å²) >= 11 is 1.63. The number of hydrogen-bond acceptors (Lipinski definition) is 5. The number of nitrogens with one attached hydrogen (secondary N) is 1. The van der Waals surface area contributed by atoms with E-state index < -0.39 is 9.84 Å². The van der Waals surface area contributed by atoms with Gasteiger partial charge in [-0.15, -0.1) is 11.3 Å². The van der Waals surface area contributed by atoms with Crippen LogP contribution in [0.5, 0.6) is 0 Å². The van der Waals surface area contributed by atoms with E-state index in [9.17, 15) is 8.42 Å². The second-order valence-electron chi connectivity index (χ2n) is 3.67. The Labute approximate surface area is 101 Å². The molecule has 1 heterocycles. The van der Waals surface area contributed by atoms with Gasteiger partial charge in [0, 0.05) is 29.9 Å². The second-order valence-corrected chi connectivity index (χ2v) is 7.30. The Balaban J connectivity index is 2.22. The monoisotopic (exact) mass is 262 g/mol. The molecule has 0 aliphatic heterocycles. The molecule has 6 heteroatoms. The summed E-state index contributed by atoms with van der Waals surface area (Å²) in [6.07, 6.45) is 2.52. The summed E-state index contributed by atoms with van der Waals surface area (Å²) in [6, 6.07) is 0. The molecule has 0 aromatic carbocycles. The van der Waals surface area contributed by atoms with E-state index >= 15 is 0 Å². The van der Waals surface area contributed by atoms with E-state index in [-0.39, 0.29) is 11.5 Å². The van der Waals surface area contributed by atoms with Gasteiger partial charge in [0.1, 0.15) is 0 Å². The molecule has 0 bridgehead atoms. The maximum absolute atomic E-state index is 11.4. The van der Waals surface area contributed by atoms with Gasteiger partial charge in [0.2, 0.25) is 0 Å². The highest BCUT2D eigenvalue weighted by atomic mass is 32.2. The van der Waals surface area contributed by atoms with Gasteiger partial charge in [-0.3, -0.25) is 0 Å². The number of thiazole rings is 1. The Morgan fingerprint density at radius 2 is 2.19 bits per heavy atom. The third-order valence-corrected chi connectivity index (χ3v) is 4.84. The molecule has 1 rings (SSSR count). The Morgan fingerprint density at radius 3 is 2.75 bits per heavy atom. The fraction of sp³-hybridized carbons (Fsp3) is 0.700. The minimum Gasteiger partial charge on any atom is -0.311 e. The SMILES string of the molecule is CCCS(=O)(=O)CCNCc1cnc(C)s1. The molecule has 0 aliphatic rings. The zero-order valence-electron chi connectivity index (χ0n) is 9.69. The summed E-state index contributed by atoms with van der Waals surface area (Å²) in [5.74, 6) is 0.507. The summed E-state index contributed by atoms with van der Waals surface area (Å²) in [5.41, 5.74) is 0. The molecule has 92 valence electrons. The molecule has 16 heavy (non-hydrogen) atoms. The first kappa shape index (κ1) is 13.6. The number of rotatable bonds is 7. The molecule has 0 spiro atoms. The van der Waals surface area contributed by atoms with Crippen molar-refractivity contribution in [3.63, 3.8) is 0 Å². The average molecular weight is 262 g/mol. The van der Waals surface area contributed by atoms with Gasteiger partial charge in [0.15, 0.2) is 9.84 Å². The van der Waals surface area contributed by atoms with Crippen molar-refractivity contribution in [1.82, 2.24) is 10.3 Å². The Kier molecular flexibility index (Phi) is 5.37. The zero-order chi connectivity index (χ0) is 12.0. The van der Waals surface area contributed by atoms with Crippen molar-refractivity contribution >= 4 is 21.2 Å². The van der Waals surface area contributed by atoms with Gasteiger partial charge in [0.05, 0.1) is 10.8 Å². The highest BCUT2D eigenvalue weighted by Gasteiger charge is 2.08. The van der Waals surface area contributed by atoms with Crippen molar-refractivity contribution in [1.29, 1.82) is 0 Å². The van der Waals surface area contributed by atoms with E-state index in [0.29, 0.717) is 19.5 Å². The molecular weight excluding hydrogens is 244 g/mol. The number of aromatic nitrogens is 1. The van der Waals surface area contributed by atoms with Crippen LogP contribution >= 0.6 is 11.3 Å². The van der Waals surface area contributed by atoms with Crippen LogP contribution in [-0.2, 0) is 16.4 Å². The molecule has 0 unspecified atom stereocenters. The third-order valence-electron chi connectivity index (χ3n) is 2.07. The van der Waals surface area contributed by atoms with Crippen molar-refractivity contribution in [2.75, 3.05) is 18.1 Å². The normalized spacial score (nSPS) is 11.9. The first-order valence-electron chi connectivity index (χ1n) is 5.36. The van der Waals surface area contributed by atoms with Crippen LogP contribution < -0.4 is 5.32 Å². The minimum atomic E-state index is -2.86. The van der Waals surface area contributed by atoms with Gasteiger partial charge in [-0.25, -0.2) is 13.4 Å². The summed E-state index contributed by atoms with van der Waals surface area (Å²) in [5, 5.41) is 4.16. The smallest absolute Gasteiger partial charge is 0.151 e.